The van der Waals surface area contributed by atoms with Crippen LogP contribution in [-0.4, -0.2) is 30.0 Å². The van der Waals surface area contributed by atoms with Crippen LogP contribution in [0.1, 0.15) is 18.4 Å². The molecule has 1 aromatic carbocycles. The van der Waals surface area contributed by atoms with Gasteiger partial charge in [-0.1, -0.05) is 30.3 Å². The van der Waals surface area contributed by atoms with E-state index in [1.165, 1.54) is 5.56 Å². The fraction of sp³-hybridized carbons (Fsp3) is 0.500. The molecule has 1 heterocycles. The molecule has 4 heteroatoms. The second kappa shape index (κ2) is 6.76. The zero-order chi connectivity index (χ0) is 12.8. The van der Waals surface area contributed by atoms with E-state index in [9.17, 15) is 4.79 Å². The summed E-state index contributed by atoms with van der Waals surface area (Å²) < 4.78 is 5.62. The lowest BCUT2D eigenvalue weighted by Crippen LogP contribution is -2.23. The van der Waals surface area contributed by atoms with Crippen LogP contribution in [0, 0.1) is 5.92 Å². The minimum absolute atomic E-state index is 0.165. The average Bonchev–Trinajstić information content (AvgIpc) is 2.76. The molecule has 18 heavy (non-hydrogen) atoms. The number of amides is 1. The van der Waals surface area contributed by atoms with Gasteiger partial charge in [0.15, 0.2) is 0 Å². The first-order valence-electron chi connectivity index (χ1n) is 6.25. The number of carbonyl (C=O) groups excluding carboxylic acids is 1. The summed E-state index contributed by atoms with van der Waals surface area (Å²) in [6.07, 6.45) is 1.54. The van der Waals surface area contributed by atoms with Crippen molar-refractivity contribution in [2.24, 2.45) is 5.92 Å². The molecule has 3 nitrogen and oxygen atoms in total. The summed E-state index contributed by atoms with van der Waals surface area (Å²) in [6, 6.07) is 10.4. The highest BCUT2D eigenvalue weighted by atomic mass is 35.5. The van der Waals surface area contributed by atoms with Gasteiger partial charge >= 0.3 is 0 Å². The summed E-state index contributed by atoms with van der Waals surface area (Å²) >= 11 is 5.68. The van der Waals surface area contributed by atoms with E-state index in [1.54, 1.807) is 4.90 Å². The second-order valence-electron chi connectivity index (χ2n) is 4.63. The quantitative estimate of drug-likeness (QED) is 0.451. The van der Waals surface area contributed by atoms with Crippen LogP contribution >= 0.6 is 11.6 Å². The molecule has 1 atom stereocenters. The molecule has 0 aliphatic carbocycles. The van der Waals surface area contributed by atoms with Gasteiger partial charge in [0.05, 0.1) is 12.6 Å². The number of hydrogen-bond acceptors (Lipinski definition) is 2. The highest BCUT2D eigenvalue weighted by molar-refractivity contribution is 6.18. The number of rotatable bonds is 6. The number of alkyl halides is 1. The molecular formula is C14H18ClNO2. The molecule has 1 aliphatic heterocycles. The molecule has 98 valence electrons. The highest BCUT2D eigenvalue weighted by Gasteiger charge is 2.28. The van der Waals surface area contributed by atoms with Crippen LogP contribution in [-0.2, 0) is 16.1 Å². The van der Waals surface area contributed by atoms with Crippen LogP contribution in [0.3, 0.4) is 0 Å². The number of nitrogens with zero attached hydrogens (tertiary/aromatic N) is 1. The van der Waals surface area contributed by atoms with Gasteiger partial charge in [-0.15, -0.1) is 11.6 Å². The monoisotopic (exact) mass is 267 g/mol. The second-order valence-corrected chi connectivity index (χ2v) is 4.87. The Morgan fingerprint density at radius 1 is 1.33 bits per heavy atom. The Labute approximate surface area is 113 Å². The third kappa shape index (κ3) is 3.72. The van der Waals surface area contributed by atoms with E-state index < -0.39 is 0 Å². The van der Waals surface area contributed by atoms with E-state index in [4.69, 9.17) is 16.3 Å². The van der Waals surface area contributed by atoms with E-state index in [2.05, 4.69) is 0 Å². The van der Waals surface area contributed by atoms with Crippen molar-refractivity contribution in [3.05, 3.63) is 35.9 Å². The first-order valence-corrected chi connectivity index (χ1v) is 6.78. The Bertz CT molecular complexity index is 383. The summed E-state index contributed by atoms with van der Waals surface area (Å²) in [5.74, 6) is 0.560. The molecule has 1 saturated heterocycles. The molecule has 0 bridgehead atoms. The van der Waals surface area contributed by atoms with Crippen LogP contribution in [0.5, 0.6) is 0 Å². The number of carbonyl (C=O) groups is 1. The average molecular weight is 268 g/mol. The molecule has 0 radical (unpaired) electrons. The van der Waals surface area contributed by atoms with Crippen molar-refractivity contribution in [2.45, 2.75) is 19.4 Å². The zero-order valence-corrected chi connectivity index (χ0v) is 11.1. The SMILES string of the molecule is O=C1C[C@@H](CCOCc2ccccc2)CN1CCl. The van der Waals surface area contributed by atoms with Crippen molar-refractivity contribution < 1.29 is 9.53 Å². The van der Waals surface area contributed by atoms with Crippen molar-refractivity contribution in [1.82, 2.24) is 4.90 Å². The van der Waals surface area contributed by atoms with Crippen molar-refractivity contribution in [3.63, 3.8) is 0 Å². The molecule has 0 aromatic heterocycles. The Balaban J connectivity index is 1.63. The topological polar surface area (TPSA) is 29.5 Å². The Hall–Kier alpha value is -1.06. The van der Waals surface area contributed by atoms with Gasteiger partial charge in [-0.05, 0) is 17.9 Å². The van der Waals surface area contributed by atoms with E-state index >= 15 is 0 Å². The minimum Gasteiger partial charge on any atom is -0.377 e. The molecular weight excluding hydrogens is 250 g/mol. The van der Waals surface area contributed by atoms with Crippen molar-refractivity contribution in [1.29, 1.82) is 0 Å². The Morgan fingerprint density at radius 2 is 2.11 bits per heavy atom. The lowest BCUT2D eigenvalue weighted by molar-refractivity contribution is -0.126. The fourth-order valence-corrected chi connectivity index (χ4v) is 2.41. The summed E-state index contributed by atoms with van der Waals surface area (Å²) in [4.78, 5) is 13.2. The fourth-order valence-electron chi connectivity index (χ4n) is 2.18. The van der Waals surface area contributed by atoms with Crippen LogP contribution in [0.4, 0.5) is 0 Å². The van der Waals surface area contributed by atoms with Gasteiger partial charge in [-0.25, -0.2) is 0 Å². The number of halogens is 1. The molecule has 1 amide bonds. The Morgan fingerprint density at radius 3 is 2.78 bits per heavy atom. The van der Waals surface area contributed by atoms with Gasteiger partial charge in [0.25, 0.3) is 0 Å². The summed E-state index contributed by atoms with van der Waals surface area (Å²) in [5, 5.41) is 0. The summed E-state index contributed by atoms with van der Waals surface area (Å²) in [7, 11) is 0. The van der Waals surface area contributed by atoms with Crippen LogP contribution in [0.25, 0.3) is 0 Å². The van der Waals surface area contributed by atoms with Gasteiger partial charge < -0.3 is 9.64 Å². The molecule has 1 fully saturated rings. The predicted octanol–water partition coefficient (Wildman–Crippen LogP) is 2.64. The molecule has 0 unspecified atom stereocenters. The molecule has 0 N–H and O–H groups in total. The normalized spacial score (nSPS) is 19.5. The maximum atomic E-state index is 11.5. The predicted molar refractivity (Wildman–Crippen MR) is 71.3 cm³/mol. The van der Waals surface area contributed by atoms with Crippen molar-refractivity contribution >= 4 is 17.5 Å². The molecule has 0 saturated carbocycles. The van der Waals surface area contributed by atoms with Crippen LogP contribution in [0.2, 0.25) is 0 Å². The first kappa shape index (κ1) is 13.4. The van der Waals surface area contributed by atoms with Crippen LogP contribution < -0.4 is 0 Å². The van der Waals surface area contributed by atoms with E-state index in [-0.39, 0.29) is 5.91 Å². The first-order chi connectivity index (χ1) is 8.79. The summed E-state index contributed by atoms with van der Waals surface area (Å²) in [5.41, 5.74) is 1.18. The zero-order valence-electron chi connectivity index (χ0n) is 10.3. The van der Waals surface area contributed by atoms with Gasteiger partial charge in [0, 0.05) is 19.6 Å². The Kier molecular flexibility index (Phi) is 5.02. The number of benzene rings is 1. The largest absolute Gasteiger partial charge is 0.377 e. The molecule has 1 aliphatic rings. The number of hydrogen-bond donors (Lipinski definition) is 0. The third-order valence-electron chi connectivity index (χ3n) is 3.22. The maximum Gasteiger partial charge on any atom is 0.223 e. The van der Waals surface area contributed by atoms with Gasteiger partial charge in [-0.3, -0.25) is 4.79 Å². The number of ether oxygens (including phenoxy) is 1. The highest BCUT2D eigenvalue weighted by Crippen LogP contribution is 2.21. The van der Waals surface area contributed by atoms with E-state index in [0.717, 1.165) is 13.0 Å². The summed E-state index contributed by atoms with van der Waals surface area (Å²) in [6.45, 7) is 2.11. The smallest absolute Gasteiger partial charge is 0.223 e. The lowest BCUT2D eigenvalue weighted by atomic mass is 10.1. The standard InChI is InChI=1S/C14H18ClNO2/c15-11-16-9-13(8-14(16)17)6-7-18-10-12-4-2-1-3-5-12/h1-5,13H,6-11H2/t13-/m1/s1. The van der Waals surface area contributed by atoms with Gasteiger partial charge in [0.1, 0.15) is 0 Å². The molecule has 2 rings (SSSR count). The minimum atomic E-state index is 0.165. The number of likely N-dealkylation sites (tertiary alicyclic amines) is 1. The van der Waals surface area contributed by atoms with Crippen molar-refractivity contribution in [2.75, 3.05) is 19.2 Å². The molecule has 0 spiro atoms. The van der Waals surface area contributed by atoms with Crippen LogP contribution in [0.15, 0.2) is 30.3 Å². The maximum absolute atomic E-state index is 11.5. The van der Waals surface area contributed by atoms with Gasteiger partial charge in [-0.2, -0.15) is 0 Å². The lowest BCUT2D eigenvalue weighted by Gasteiger charge is -2.12. The van der Waals surface area contributed by atoms with Gasteiger partial charge in [0.2, 0.25) is 5.91 Å². The third-order valence-corrected chi connectivity index (χ3v) is 3.51. The van der Waals surface area contributed by atoms with E-state index in [1.807, 2.05) is 30.3 Å². The molecule has 1 aromatic rings. The van der Waals surface area contributed by atoms with Crippen molar-refractivity contribution in [3.8, 4) is 0 Å². The van der Waals surface area contributed by atoms with E-state index in [0.29, 0.717) is 31.6 Å².